The standard InChI is InChI=1S/C13H10FO.BrH.Zn/c14-12-6-8-13(9-7-12)15-10-11-4-2-1-3-5-11;;/h2-9H,10H2;1H;/q-1;;+2/p-1. The maximum absolute atomic E-state index is 12.6. The quantitative estimate of drug-likeness (QED) is 0.602. The van der Waals surface area contributed by atoms with Crippen LogP contribution in [-0.4, -0.2) is 0 Å². The Bertz CT molecular complexity index is 419. The molecule has 0 N–H and O–H groups in total. The van der Waals surface area contributed by atoms with Crippen LogP contribution in [0, 0.1) is 11.9 Å². The summed E-state index contributed by atoms with van der Waals surface area (Å²) in [4.78, 5) is 0. The molecule has 2 aromatic carbocycles. The van der Waals surface area contributed by atoms with Gasteiger partial charge in [0, 0.05) is 0 Å². The van der Waals surface area contributed by atoms with Crippen LogP contribution in [-0.2, 0) is 22.9 Å². The van der Waals surface area contributed by atoms with E-state index in [2.05, 4.69) is 19.7 Å². The van der Waals surface area contributed by atoms with Crippen molar-refractivity contribution in [2.45, 2.75) is 6.61 Å². The van der Waals surface area contributed by atoms with Crippen LogP contribution >= 0.6 is 13.6 Å². The number of hydrogen-bond donors (Lipinski definition) is 0. The molecule has 17 heavy (non-hydrogen) atoms. The fourth-order valence-electron chi connectivity index (χ4n) is 1.22. The van der Waals surface area contributed by atoms with Crippen LogP contribution in [0.5, 0.6) is 5.75 Å². The van der Waals surface area contributed by atoms with Gasteiger partial charge in [-0.05, 0) is 24.3 Å². The molecule has 84 valence electrons. The summed E-state index contributed by atoms with van der Waals surface area (Å²) in [7, 11) is 0. The molecule has 4 heteroatoms. The first-order valence-electron chi connectivity index (χ1n) is 4.95. The molecule has 0 heterocycles. The molecule has 2 rings (SSSR count). The van der Waals surface area contributed by atoms with Gasteiger partial charge in [0.25, 0.3) is 0 Å². The van der Waals surface area contributed by atoms with Gasteiger partial charge in [0.2, 0.25) is 0 Å². The Kier molecular flexibility index (Phi) is 7.06. The Morgan fingerprint density at radius 2 is 1.65 bits per heavy atom. The van der Waals surface area contributed by atoms with Crippen LogP contribution in [0.3, 0.4) is 0 Å². The third kappa shape index (κ3) is 5.42. The predicted octanol–water partition coefficient (Wildman–Crippen LogP) is 4.05. The Hall–Kier alpha value is -0.727. The van der Waals surface area contributed by atoms with Crippen LogP contribution in [0.4, 0.5) is 4.39 Å². The molecular weight excluding hydrogens is 336 g/mol. The topological polar surface area (TPSA) is 9.23 Å². The molecule has 0 fully saturated rings. The van der Waals surface area contributed by atoms with E-state index in [0.717, 1.165) is 5.56 Å². The first-order chi connectivity index (χ1) is 8.34. The van der Waals surface area contributed by atoms with Crippen molar-refractivity contribution in [1.82, 2.24) is 0 Å². The van der Waals surface area contributed by atoms with Crippen molar-refractivity contribution in [2.24, 2.45) is 0 Å². The molecule has 0 spiro atoms. The molecule has 0 bridgehead atoms. The molecule has 0 aliphatic rings. The first kappa shape index (κ1) is 14.3. The van der Waals surface area contributed by atoms with Crippen molar-refractivity contribution in [1.29, 1.82) is 0 Å². The minimum absolute atomic E-state index is 0.253. The molecular formula is C13H10BrFOZn. The monoisotopic (exact) mass is 344 g/mol. The van der Waals surface area contributed by atoms with Crippen LogP contribution in [0.15, 0.2) is 48.5 Å². The summed E-state index contributed by atoms with van der Waals surface area (Å²) in [6.07, 6.45) is 0. The van der Waals surface area contributed by atoms with E-state index in [1.807, 2.05) is 24.3 Å². The molecule has 0 saturated carbocycles. The first-order valence-corrected chi connectivity index (χ1v) is 11.9. The summed E-state index contributed by atoms with van der Waals surface area (Å²) in [6.45, 7) is 0.486. The van der Waals surface area contributed by atoms with E-state index in [1.54, 1.807) is 12.1 Å². The van der Waals surface area contributed by atoms with E-state index >= 15 is 0 Å². The summed E-state index contributed by atoms with van der Waals surface area (Å²) in [6, 6.07) is 16.5. The Labute approximate surface area is 117 Å². The van der Waals surface area contributed by atoms with E-state index in [9.17, 15) is 4.39 Å². The normalized spacial score (nSPS) is 9.18. The maximum atomic E-state index is 12.6. The van der Waals surface area contributed by atoms with Crippen molar-refractivity contribution in [3.8, 4) is 5.75 Å². The molecule has 0 amide bonds. The molecule has 0 radical (unpaired) electrons. The number of halogens is 2. The zero-order chi connectivity index (χ0) is 12.5. The van der Waals surface area contributed by atoms with Gasteiger partial charge in [-0.1, -0.05) is 0 Å². The second-order valence-electron chi connectivity index (χ2n) is 3.15. The molecule has 2 aromatic rings. The summed E-state index contributed by atoms with van der Waals surface area (Å²) >= 11 is 4.25. The number of ether oxygens (including phenoxy) is 1. The van der Waals surface area contributed by atoms with E-state index in [-0.39, 0.29) is 5.82 Å². The molecule has 0 aliphatic heterocycles. The molecule has 1 nitrogen and oxygen atoms in total. The van der Waals surface area contributed by atoms with Gasteiger partial charge < -0.3 is 4.74 Å². The zero-order valence-electron chi connectivity index (χ0n) is 9.20. The van der Waals surface area contributed by atoms with Gasteiger partial charge in [0.15, 0.2) is 0 Å². The van der Waals surface area contributed by atoms with Gasteiger partial charge in [-0.3, -0.25) is 0 Å². The van der Waals surface area contributed by atoms with Gasteiger partial charge in [-0.15, -0.1) is 5.56 Å². The summed E-state index contributed by atoms with van der Waals surface area (Å²) in [5.74, 6) is 0.417. The fourth-order valence-corrected chi connectivity index (χ4v) is 1.22. The van der Waals surface area contributed by atoms with E-state index in [0.29, 0.717) is 12.4 Å². The van der Waals surface area contributed by atoms with Gasteiger partial charge in [0.05, 0.1) is 6.61 Å². The van der Waals surface area contributed by atoms with Crippen LogP contribution in [0.25, 0.3) is 0 Å². The number of hydrogen-bond acceptors (Lipinski definition) is 1. The Morgan fingerprint density at radius 1 is 1.06 bits per heavy atom. The van der Waals surface area contributed by atoms with Crippen LogP contribution in [0.1, 0.15) is 5.56 Å². The average Bonchev–Trinajstić information content (AvgIpc) is 2.42. The van der Waals surface area contributed by atoms with Crippen molar-refractivity contribution in [2.75, 3.05) is 0 Å². The van der Waals surface area contributed by atoms with E-state index < -0.39 is 0 Å². The third-order valence-electron chi connectivity index (χ3n) is 2.01. The predicted molar refractivity (Wildman–Crippen MR) is 64.9 cm³/mol. The Balaban J connectivity index is 0.000000686. The van der Waals surface area contributed by atoms with E-state index in [4.69, 9.17) is 4.74 Å². The minimum atomic E-state index is -0.253. The van der Waals surface area contributed by atoms with E-state index in [1.165, 1.54) is 28.5 Å². The third-order valence-corrected chi connectivity index (χ3v) is 2.01. The fraction of sp³-hybridized carbons (Fsp3) is 0.0769. The number of rotatable bonds is 3. The molecule has 0 aromatic heterocycles. The molecule has 0 unspecified atom stereocenters. The molecule has 0 atom stereocenters. The second kappa shape index (κ2) is 8.38. The zero-order valence-corrected chi connectivity index (χ0v) is 13.8. The number of benzene rings is 2. The van der Waals surface area contributed by atoms with Crippen LogP contribution < -0.4 is 4.74 Å². The van der Waals surface area contributed by atoms with Gasteiger partial charge in [-0.2, -0.15) is 30.3 Å². The second-order valence-corrected chi connectivity index (χ2v) is 3.15. The summed E-state index contributed by atoms with van der Waals surface area (Å²) in [5, 5.41) is 0. The molecule has 0 saturated heterocycles. The van der Waals surface area contributed by atoms with Gasteiger partial charge in [-0.25, -0.2) is 4.39 Å². The summed E-state index contributed by atoms with van der Waals surface area (Å²) in [5.41, 5.74) is 1.07. The van der Waals surface area contributed by atoms with Gasteiger partial charge >= 0.3 is 30.0 Å². The summed E-state index contributed by atoms with van der Waals surface area (Å²) < 4.78 is 18.1. The average molecular weight is 347 g/mol. The molecule has 0 aliphatic carbocycles. The van der Waals surface area contributed by atoms with Crippen molar-refractivity contribution < 1.29 is 25.5 Å². The van der Waals surface area contributed by atoms with Crippen molar-refractivity contribution in [3.05, 3.63) is 66.0 Å². The van der Waals surface area contributed by atoms with Crippen molar-refractivity contribution >= 4 is 13.6 Å². The Morgan fingerprint density at radius 3 is 2.24 bits per heavy atom. The SMILES string of the molecule is Fc1ccc(OCc2cc[c-]cc2)cc1.[Zn+][Br]. The van der Waals surface area contributed by atoms with Crippen molar-refractivity contribution in [3.63, 3.8) is 0 Å². The van der Waals surface area contributed by atoms with Gasteiger partial charge in [0.1, 0.15) is 11.6 Å². The van der Waals surface area contributed by atoms with Crippen LogP contribution in [0.2, 0.25) is 0 Å².